The number of benzene rings is 1. The predicted molar refractivity (Wildman–Crippen MR) is 61.1 cm³/mol. The zero-order valence-electron chi connectivity index (χ0n) is 6.01. The molecular formula is C7H6Cl3PS. The van der Waals surface area contributed by atoms with Gasteiger partial charge in [0, 0.05) is 11.2 Å². The summed E-state index contributed by atoms with van der Waals surface area (Å²) in [6, 6.07) is 7.37. The van der Waals surface area contributed by atoms with Gasteiger partial charge in [0.25, 0.3) is 0 Å². The van der Waals surface area contributed by atoms with Gasteiger partial charge in [-0.1, -0.05) is 58.0 Å². The third-order valence-electron chi connectivity index (χ3n) is 1.28. The fourth-order valence-electron chi connectivity index (χ4n) is 0.802. The number of hydrogen-bond donors (Lipinski definition) is 0. The maximum Gasteiger partial charge on any atom is 0.124 e. The Labute approximate surface area is 91.4 Å². The third-order valence-corrected chi connectivity index (χ3v) is 3.37. The van der Waals surface area contributed by atoms with Gasteiger partial charge in [0.05, 0.1) is 0 Å². The SMILES string of the molecule is S=P(Cl)(Cl)Cc1ccc(Cl)cc1. The third kappa shape index (κ3) is 4.11. The van der Waals surface area contributed by atoms with Crippen LogP contribution in [0.1, 0.15) is 5.56 Å². The smallest absolute Gasteiger partial charge is 0.0843 e. The standard InChI is InChI=1S/C7H6Cl3PS/c8-7-3-1-6(2-4-7)5-11(9,10)12/h1-4H,5H2. The van der Waals surface area contributed by atoms with Crippen molar-refractivity contribution in [2.24, 2.45) is 0 Å². The van der Waals surface area contributed by atoms with Crippen LogP contribution in [0.5, 0.6) is 0 Å². The second-order valence-electron chi connectivity index (χ2n) is 2.35. The summed E-state index contributed by atoms with van der Waals surface area (Å²) < 4.78 is -2.17. The molecule has 1 aromatic carbocycles. The van der Waals surface area contributed by atoms with E-state index in [1.807, 2.05) is 12.1 Å². The Morgan fingerprint density at radius 1 is 1.17 bits per heavy atom. The summed E-state index contributed by atoms with van der Waals surface area (Å²) in [5.74, 6) is 0. The number of hydrogen-bond acceptors (Lipinski definition) is 1. The fourth-order valence-corrected chi connectivity index (χ4v) is 2.84. The Morgan fingerprint density at radius 2 is 1.67 bits per heavy atom. The zero-order valence-corrected chi connectivity index (χ0v) is 9.98. The van der Waals surface area contributed by atoms with Crippen molar-refractivity contribution < 1.29 is 0 Å². The van der Waals surface area contributed by atoms with Crippen molar-refractivity contribution in [3.8, 4) is 0 Å². The van der Waals surface area contributed by atoms with E-state index >= 15 is 0 Å². The van der Waals surface area contributed by atoms with Gasteiger partial charge < -0.3 is 0 Å². The molecule has 0 bridgehead atoms. The average molecular weight is 260 g/mol. The van der Waals surface area contributed by atoms with Crippen molar-refractivity contribution in [1.29, 1.82) is 0 Å². The highest BCUT2D eigenvalue weighted by atomic mass is 35.9. The van der Waals surface area contributed by atoms with E-state index in [4.69, 9.17) is 45.9 Å². The second-order valence-corrected chi connectivity index (χ2v) is 11.3. The molecule has 0 radical (unpaired) electrons. The molecule has 1 aromatic rings. The highest BCUT2D eigenvalue weighted by Gasteiger charge is 2.08. The van der Waals surface area contributed by atoms with Crippen LogP contribution in [0.15, 0.2) is 24.3 Å². The first-order chi connectivity index (χ1) is 5.47. The molecule has 12 heavy (non-hydrogen) atoms. The highest BCUT2D eigenvalue weighted by Crippen LogP contribution is 2.59. The normalized spacial score (nSPS) is 11.6. The van der Waals surface area contributed by atoms with Gasteiger partial charge >= 0.3 is 0 Å². The molecule has 0 aliphatic heterocycles. The summed E-state index contributed by atoms with van der Waals surface area (Å²) in [6.07, 6.45) is 0.558. The van der Waals surface area contributed by atoms with Gasteiger partial charge in [-0.2, -0.15) is 0 Å². The summed E-state index contributed by atoms with van der Waals surface area (Å²) in [6.45, 7) is 0. The largest absolute Gasteiger partial charge is 0.124 e. The first kappa shape index (κ1) is 10.8. The molecule has 0 spiro atoms. The molecule has 0 aliphatic carbocycles. The zero-order chi connectivity index (χ0) is 9.19. The number of halogens is 3. The van der Waals surface area contributed by atoms with E-state index < -0.39 is 4.74 Å². The summed E-state index contributed by atoms with van der Waals surface area (Å²) >= 11 is 22.1. The van der Waals surface area contributed by atoms with Gasteiger partial charge in [0.2, 0.25) is 0 Å². The van der Waals surface area contributed by atoms with E-state index in [1.165, 1.54) is 0 Å². The van der Waals surface area contributed by atoms with E-state index in [2.05, 4.69) is 0 Å². The molecule has 0 saturated carbocycles. The second kappa shape index (κ2) is 4.30. The van der Waals surface area contributed by atoms with Crippen LogP contribution in [0, 0.1) is 0 Å². The molecule has 0 heterocycles. The van der Waals surface area contributed by atoms with Gasteiger partial charge in [0.1, 0.15) is 4.74 Å². The van der Waals surface area contributed by atoms with Gasteiger partial charge in [-0.15, -0.1) is 0 Å². The lowest BCUT2D eigenvalue weighted by molar-refractivity contribution is 1.41. The Hall–Kier alpha value is 0.740. The minimum absolute atomic E-state index is 0.558. The van der Waals surface area contributed by atoms with Gasteiger partial charge in [-0.25, -0.2) is 0 Å². The monoisotopic (exact) mass is 258 g/mol. The van der Waals surface area contributed by atoms with Gasteiger partial charge in [-0.3, -0.25) is 0 Å². The molecule has 0 N–H and O–H groups in total. The maximum absolute atomic E-state index is 5.77. The molecule has 0 atom stereocenters. The summed E-state index contributed by atoms with van der Waals surface area (Å²) in [5, 5.41) is 0.705. The molecule has 0 nitrogen and oxygen atoms in total. The van der Waals surface area contributed by atoms with Crippen LogP contribution >= 0.6 is 38.8 Å². The molecule has 0 aromatic heterocycles. The topological polar surface area (TPSA) is 0 Å². The van der Waals surface area contributed by atoms with Gasteiger partial charge in [-0.05, 0) is 17.7 Å². The predicted octanol–water partition coefficient (Wildman–Crippen LogP) is 4.63. The van der Waals surface area contributed by atoms with Gasteiger partial charge in [0.15, 0.2) is 0 Å². The average Bonchev–Trinajstić information content (AvgIpc) is 1.91. The maximum atomic E-state index is 5.77. The highest BCUT2D eigenvalue weighted by molar-refractivity contribution is 8.38. The van der Waals surface area contributed by atoms with Crippen LogP contribution in [0.4, 0.5) is 0 Å². The van der Waals surface area contributed by atoms with Crippen LogP contribution in [-0.4, -0.2) is 0 Å². The van der Waals surface area contributed by atoms with Crippen molar-refractivity contribution >= 4 is 50.6 Å². The van der Waals surface area contributed by atoms with Crippen LogP contribution in [0.25, 0.3) is 0 Å². The Bertz CT molecular complexity index is 303. The number of rotatable bonds is 2. The quantitative estimate of drug-likeness (QED) is 0.698. The van der Waals surface area contributed by atoms with E-state index in [0.29, 0.717) is 11.2 Å². The van der Waals surface area contributed by atoms with Crippen molar-refractivity contribution in [3.63, 3.8) is 0 Å². The lowest BCUT2D eigenvalue weighted by atomic mass is 10.2. The van der Waals surface area contributed by atoms with Crippen molar-refractivity contribution in [2.75, 3.05) is 0 Å². The molecule has 66 valence electrons. The van der Waals surface area contributed by atoms with Crippen LogP contribution in [0.3, 0.4) is 0 Å². The summed E-state index contributed by atoms with van der Waals surface area (Å²) in [4.78, 5) is 0. The molecule has 0 unspecified atom stereocenters. The van der Waals surface area contributed by atoms with E-state index in [0.717, 1.165) is 5.56 Å². The minimum Gasteiger partial charge on any atom is -0.0843 e. The first-order valence-electron chi connectivity index (χ1n) is 3.20. The van der Waals surface area contributed by atoms with Crippen molar-refractivity contribution in [2.45, 2.75) is 6.16 Å². The van der Waals surface area contributed by atoms with Crippen LogP contribution < -0.4 is 0 Å². The Morgan fingerprint density at radius 3 is 2.08 bits per heavy atom. The van der Waals surface area contributed by atoms with Crippen LogP contribution in [-0.2, 0) is 18.0 Å². The fraction of sp³-hybridized carbons (Fsp3) is 0.143. The molecule has 1 rings (SSSR count). The molecule has 0 amide bonds. The van der Waals surface area contributed by atoms with E-state index in [-0.39, 0.29) is 0 Å². The molecule has 0 aliphatic rings. The van der Waals surface area contributed by atoms with Crippen LogP contribution in [0.2, 0.25) is 5.02 Å². The molecule has 5 heteroatoms. The van der Waals surface area contributed by atoms with Crippen molar-refractivity contribution in [1.82, 2.24) is 0 Å². The van der Waals surface area contributed by atoms with E-state index in [9.17, 15) is 0 Å². The summed E-state index contributed by atoms with van der Waals surface area (Å²) in [7, 11) is 0. The Balaban J connectivity index is 2.78. The lowest BCUT2D eigenvalue weighted by Crippen LogP contribution is -1.78. The molecular weight excluding hydrogens is 253 g/mol. The minimum atomic E-state index is -2.17. The summed E-state index contributed by atoms with van der Waals surface area (Å²) in [5.41, 5.74) is 1.03. The molecule has 0 saturated heterocycles. The molecule has 0 fully saturated rings. The Kier molecular flexibility index (Phi) is 3.88. The first-order valence-corrected chi connectivity index (χ1v) is 8.38. The lowest BCUT2D eigenvalue weighted by Gasteiger charge is -2.04. The van der Waals surface area contributed by atoms with Crippen molar-refractivity contribution in [3.05, 3.63) is 34.9 Å². The van der Waals surface area contributed by atoms with E-state index in [1.54, 1.807) is 12.1 Å².